The SMILES string of the molecule is CCc1ccc(C(=O)Cn2cnc3c(N)ncnc32)cc1. The zero-order valence-electron chi connectivity index (χ0n) is 11.7. The first-order valence-corrected chi connectivity index (χ1v) is 6.72. The summed E-state index contributed by atoms with van der Waals surface area (Å²) in [5, 5.41) is 0. The molecule has 1 aromatic carbocycles. The summed E-state index contributed by atoms with van der Waals surface area (Å²) in [7, 11) is 0. The van der Waals surface area contributed by atoms with Gasteiger partial charge in [0.05, 0.1) is 12.9 Å². The fourth-order valence-corrected chi connectivity index (χ4v) is 2.19. The van der Waals surface area contributed by atoms with Gasteiger partial charge in [-0.15, -0.1) is 0 Å². The first-order chi connectivity index (χ1) is 10.2. The van der Waals surface area contributed by atoms with Crippen LogP contribution in [0.5, 0.6) is 0 Å². The maximum absolute atomic E-state index is 12.3. The number of aromatic nitrogens is 4. The Morgan fingerprint density at radius 1 is 1.19 bits per heavy atom. The van der Waals surface area contributed by atoms with E-state index in [9.17, 15) is 4.79 Å². The predicted octanol–water partition coefficient (Wildman–Crippen LogP) is 1.85. The summed E-state index contributed by atoms with van der Waals surface area (Å²) in [4.78, 5) is 24.5. The van der Waals surface area contributed by atoms with Crippen LogP contribution in [0, 0.1) is 0 Å². The molecule has 6 nitrogen and oxygen atoms in total. The second-order valence-corrected chi connectivity index (χ2v) is 4.78. The number of benzene rings is 1. The summed E-state index contributed by atoms with van der Waals surface area (Å²) < 4.78 is 1.68. The molecule has 21 heavy (non-hydrogen) atoms. The number of nitrogen functional groups attached to an aromatic ring is 1. The molecule has 0 aliphatic rings. The Labute approximate surface area is 121 Å². The van der Waals surface area contributed by atoms with Crippen molar-refractivity contribution in [2.24, 2.45) is 0 Å². The average Bonchev–Trinajstić information content (AvgIpc) is 2.92. The van der Waals surface area contributed by atoms with Crippen molar-refractivity contribution in [3.63, 3.8) is 0 Å². The van der Waals surface area contributed by atoms with E-state index in [1.807, 2.05) is 24.3 Å². The van der Waals surface area contributed by atoms with E-state index in [0.717, 1.165) is 6.42 Å². The Kier molecular flexibility index (Phi) is 3.35. The topological polar surface area (TPSA) is 86.7 Å². The van der Waals surface area contributed by atoms with Gasteiger partial charge >= 0.3 is 0 Å². The Morgan fingerprint density at radius 2 is 1.95 bits per heavy atom. The van der Waals surface area contributed by atoms with Crippen LogP contribution in [0.1, 0.15) is 22.8 Å². The summed E-state index contributed by atoms with van der Waals surface area (Å²) in [6.07, 6.45) is 3.89. The normalized spacial score (nSPS) is 10.9. The summed E-state index contributed by atoms with van der Waals surface area (Å²) in [5.74, 6) is 0.327. The Bertz CT molecular complexity index is 791. The van der Waals surface area contributed by atoms with Gasteiger partial charge in [0.25, 0.3) is 0 Å². The molecule has 0 atom stereocenters. The maximum Gasteiger partial charge on any atom is 0.182 e. The fourth-order valence-electron chi connectivity index (χ4n) is 2.19. The maximum atomic E-state index is 12.3. The lowest BCUT2D eigenvalue weighted by Crippen LogP contribution is -2.10. The molecule has 0 unspecified atom stereocenters. The quantitative estimate of drug-likeness (QED) is 0.737. The number of fused-ring (bicyclic) bond motifs is 1. The second-order valence-electron chi connectivity index (χ2n) is 4.78. The van der Waals surface area contributed by atoms with E-state index in [1.54, 1.807) is 10.9 Å². The highest BCUT2D eigenvalue weighted by molar-refractivity contribution is 5.96. The first-order valence-electron chi connectivity index (χ1n) is 6.72. The largest absolute Gasteiger partial charge is 0.382 e. The summed E-state index contributed by atoms with van der Waals surface area (Å²) in [6, 6.07) is 7.64. The molecule has 106 valence electrons. The number of aryl methyl sites for hydroxylation is 1. The standard InChI is InChI=1S/C15H15N5O/c1-2-10-3-5-11(6-4-10)12(21)7-20-9-19-13-14(16)17-8-18-15(13)20/h3-6,8-9H,2,7H2,1H3,(H2,16,17,18). The van der Waals surface area contributed by atoms with Crippen LogP contribution in [0.15, 0.2) is 36.9 Å². The number of ketones is 1. The van der Waals surface area contributed by atoms with Crippen molar-refractivity contribution in [1.29, 1.82) is 0 Å². The lowest BCUT2D eigenvalue weighted by molar-refractivity contribution is 0.0973. The van der Waals surface area contributed by atoms with Crippen LogP contribution in [0.25, 0.3) is 11.2 Å². The van der Waals surface area contributed by atoms with Crippen molar-refractivity contribution in [2.45, 2.75) is 19.9 Å². The van der Waals surface area contributed by atoms with Crippen LogP contribution in [-0.2, 0) is 13.0 Å². The number of hydrogen-bond donors (Lipinski definition) is 1. The Morgan fingerprint density at radius 3 is 2.67 bits per heavy atom. The minimum absolute atomic E-state index is 0.00846. The van der Waals surface area contributed by atoms with E-state index in [-0.39, 0.29) is 12.3 Å². The first kappa shape index (κ1) is 13.2. The molecule has 2 heterocycles. The molecule has 0 saturated heterocycles. The van der Waals surface area contributed by atoms with Crippen LogP contribution < -0.4 is 5.73 Å². The van der Waals surface area contributed by atoms with Gasteiger partial charge in [0.1, 0.15) is 11.8 Å². The molecule has 0 aliphatic carbocycles. The van der Waals surface area contributed by atoms with Gasteiger partial charge in [-0.05, 0) is 12.0 Å². The summed E-state index contributed by atoms with van der Waals surface area (Å²) in [5.41, 5.74) is 8.71. The molecule has 3 rings (SSSR count). The number of nitrogens with two attached hydrogens (primary N) is 1. The van der Waals surface area contributed by atoms with Gasteiger partial charge < -0.3 is 10.3 Å². The molecule has 0 bridgehead atoms. The molecule has 2 aromatic heterocycles. The molecule has 2 N–H and O–H groups in total. The van der Waals surface area contributed by atoms with Crippen molar-refractivity contribution in [2.75, 3.05) is 5.73 Å². The minimum Gasteiger partial charge on any atom is -0.382 e. The smallest absolute Gasteiger partial charge is 0.182 e. The monoisotopic (exact) mass is 281 g/mol. The Balaban J connectivity index is 1.87. The highest BCUT2D eigenvalue weighted by Gasteiger charge is 2.12. The molecule has 0 amide bonds. The fraction of sp³-hybridized carbons (Fsp3) is 0.200. The second kappa shape index (κ2) is 5.32. The van der Waals surface area contributed by atoms with E-state index < -0.39 is 0 Å². The highest BCUT2D eigenvalue weighted by atomic mass is 16.1. The predicted molar refractivity (Wildman–Crippen MR) is 79.9 cm³/mol. The zero-order chi connectivity index (χ0) is 14.8. The van der Waals surface area contributed by atoms with E-state index >= 15 is 0 Å². The van der Waals surface area contributed by atoms with Crippen LogP contribution in [0.3, 0.4) is 0 Å². The molecule has 0 radical (unpaired) electrons. The third-order valence-corrected chi connectivity index (χ3v) is 3.43. The molecular weight excluding hydrogens is 266 g/mol. The summed E-state index contributed by atoms with van der Waals surface area (Å²) >= 11 is 0. The van der Waals surface area contributed by atoms with Crippen LogP contribution in [-0.4, -0.2) is 25.3 Å². The molecule has 0 aliphatic heterocycles. The number of nitrogens with zero attached hydrogens (tertiary/aromatic N) is 4. The van der Waals surface area contributed by atoms with Gasteiger partial charge in [-0.3, -0.25) is 4.79 Å². The molecule has 0 saturated carbocycles. The third kappa shape index (κ3) is 2.47. The van der Waals surface area contributed by atoms with Gasteiger partial charge in [0.2, 0.25) is 0 Å². The van der Waals surface area contributed by atoms with Gasteiger partial charge in [-0.2, -0.15) is 0 Å². The minimum atomic E-state index is 0.00846. The zero-order valence-corrected chi connectivity index (χ0v) is 11.7. The van der Waals surface area contributed by atoms with Crippen molar-refractivity contribution in [3.8, 4) is 0 Å². The average molecular weight is 281 g/mol. The molecular formula is C15H15N5O. The van der Waals surface area contributed by atoms with Crippen molar-refractivity contribution >= 4 is 22.8 Å². The lowest BCUT2D eigenvalue weighted by atomic mass is 10.1. The number of Topliss-reactive ketones (excluding diaryl/α,β-unsaturated/α-hetero) is 1. The lowest BCUT2D eigenvalue weighted by Gasteiger charge is -2.04. The van der Waals surface area contributed by atoms with Gasteiger partial charge in [-0.1, -0.05) is 31.2 Å². The van der Waals surface area contributed by atoms with Gasteiger partial charge in [0, 0.05) is 5.56 Å². The van der Waals surface area contributed by atoms with E-state index in [0.29, 0.717) is 22.5 Å². The van der Waals surface area contributed by atoms with Crippen LogP contribution >= 0.6 is 0 Å². The number of anilines is 1. The van der Waals surface area contributed by atoms with Crippen LogP contribution in [0.2, 0.25) is 0 Å². The molecule has 0 spiro atoms. The van der Waals surface area contributed by atoms with Crippen molar-refractivity contribution < 1.29 is 4.79 Å². The molecule has 0 fully saturated rings. The van der Waals surface area contributed by atoms with Gasteiger partial charge in [0.15, 0.2) is 17.2 Å². The Hall–Kier alpha value is -2.76. The molecule has 6 heteroatoms. The number of carbonyl (C=O) groups is 1. The number of hydrogen-bond acceptors (Lipinski definition) is 5. The van der Waals surface area contributed by atoms with Gasteiger partial charge in [-0.25, -0.2) is 15.0 Å². The van der Waals surface area contributed by atoms with Crippen molar-refractivity contribution in [1.82, 2.24) is 19.5 Å². The number of carbonyl (C=O) groups excluding carboxylic acids is 1. The number of rotatable bonds is 4. The van der Waals surface area contributed by atoms with E-state index in [4.69, 9.17) is 5.73 Å². The number of imidazole rings is 1. The highest BCUT2D eigenvalue weighted by Crippen LogP contribution is 2.15. The third-order valence-electron chi connectivity index (χ3n) is 3.43. The van der Waals surface area contributed by atoms with E-state index in [1.165, 1.54) is 11.9 Å². The molecule has 3 aromatic rings. The van der Waals surface area contributed by atoms with Crippen molar-refractivity contribution in [3.05, 3.63) is 48.0 Å². The summed E-state index contributed by atoms with van der Waals surface area (Å²) in [6.45, 7) is 2.26. The van der Waals surface area contributed by atoms with Crippen LogP contribution in [0.4, 0.5) is 5.82 Å². The van der Waals surface area contributed by atoms with E-state index in [2.05, 4.69) is 21.9 Å².